The second-order valence-corrected chi connectivity index (χ2v) is 7.68. The largest absolute Gasteiger partial charge is 0.497 e. The molecule has 3 aromatic carbocycles. The van der Waals surface area contributed by atoms with Crippen LogP contribution in [0.25, 0.3) is 11.3 Å². The highest BCUT2D eigenvalue weighted by atomic mass is 16.7. The molecule has 1 aliphatic rings. The van der Waals surface area contributed by atoms with Crippen molar-refractivity contribution in [1.29, 1.82) is 0 Å². The van der Waals surface area contributed by atoms with Gasteiger partial charge in [-0.05, 0) is 35.4 Å². The van der Waals surface area contributed by atoms with Gasteiger partial charge in [-0.3, -0.25) is 9.48 Å². The lowest BCUT2D eigenvalue weighted by Crippen LogP contribution is -2.23. The van der Waals surface area contributed by atoms with E-state index in [0.29, 0.717) is 41.6 Å². The standard InChI is InChI=1S/C26H23N3O4/c1-31-21-9-5-8-20(13-21)25-22(16-29(28-25)15-18-6-3-2-4-7-18)26(30)27-14-19-10-11-23-24(12-19)33-17-32-23/h2-13,16H,14-15,17H2,1H3,(H,27,30). The molecule has 0 aliphatic carbocycles. The molecule has 0 bridgehead atoms. The molecule has 1 N–H and O–H groups in total. The SMILES string of the molecule is COc1cccc(-c2nn(Cc3ccccc3)cc2C(=O)NCc2ccc3c(c2)OCO3)c1. The lowest BCUT2D eigenvalue weighted by Gasteiger charge is -2.07. The number of hydrogen-bond acceptors (Lipinski definition) is 5. The molecule has 1 amide bonds. The lowest BCUT2D eigenvalue weighted by molar-refractivity contribution is 0.0951. The summed E-state index contributed by atoms with van der Waals surface area (Å²) in [5.74, 6) is 1.91. The summed E-state index contributed by atoms with van der Waals surface area (Å²) >= 11 is 0. The Labute approximate surface area is 191 Å². The van der Waals surface area contributed by atoms with Crippen LogP contribution >= 0.6 is 0 Å². The first-order valence-corrected chi connectivity index (χ1v) is 10.6. The number of carbonyl (C=O) groups is 1. The van der Waals surface area contributed by atoms with Crippen LogP contribution in [0, 0.1) is 0 Å². The monoisotopic (exact) mass is 441 g/mol. The van der Waals surface area contributed by atoms with E-state index in [1.165, 1.54) is 0 Å². The molecule has 7 heteroatoms. The molecule has 1 aromatic heterocycles. The van der Waals surface area contributed by atoms with E-state index in [-0.39, 0.29) is 12.7 Å². The molecule has 2 heterocycles. The molecule has 0 saturated heterocycles. The van der Waals surface area contributed by atoms with Gasteiger partial charge in [0.1, 0.15) is 11.4 Å². The molecule has 5 rings (SSSR count). The first-order valence-electron chi connectivity index (χ1n) is 10.6. The molecule has 166 valence electrons. The van der Waals surface area contributed by atoms with Crippen LogP contribution < -0.4 is 19.5 Å². The van der Waals surface area contributed by atoms with Gasteiger partial charge in [0.25, 0.3) is 5.91 Å². The molecule has 33 heavy (non-hydrogen) atoms. The molecule has 1 aliphatic heterocycles. The number of rotatable bonds is 7. The van der Waals surface area contributed by atoms with Gasteiger partial charge in [-0.15, -0.1) is 0 Å². The number of nitrogens with zero attached hydrogens (tertiary/aromatic N) is 2. The molecular weight excluding hydrogens is 418 g/mol. The van der Waals surface area contributed by atoms with Gasteiger partial charge >= 0.3 is 0 Å². The summed E-state index contributed by atoms with van der Waals surface area (Å²) in [4.78, 5) is 13.2. The minimum atomic E-state index is -0.204. The molecule has 0 radical (unpaired) electrons. The number of benzene rings is 3. The first-order chi connectivity index (χ1) is 16.2. The third-order valence-electron chi connectivity index (χ3n) is 5.43. The van der Waals surface area contributed by atoms with E-state index >= 15 is 0 Å². The molecule has 0 fully saturated rings. The Morgan fingerprint density at radius 3 is 2.70 bits per heavy atom. The maximum Gasteiger partial charge on any atom is 0.255 e. The fraction of sp³-hybridized carbons (Fsp3) is 0.154. The molecule has 7 nitrogen and oxygen atoms in total. The van der Waals surface area contributed by atoms with E-state index in [9.17, 15) is 4.79 Å². The van der Waals surface area contributed by atoms with E-state index in [1.807, 2.05) is 72.8 Å². The fourth-order valence-electron chi connectivity index (χ4n) is 3.75. The van der Waals surface area contributed by atoms with Crippen LogP contribution in [0.1, 0.15) is 21.5 Å². The number of carbonyl (C=O) groups excluding carboxylic acids is 1. The zero-order valence-electron chi connectivity index (χ0n) is 18.2. The van der Waals surface area contributed by atoms with Crippen LogP contribution in [-0.2, 0) is 13.1 Å². The lowest BCUT2D eigenvalue weighted by atomic mass is 10.1. The number of methoxy groups -OCH3 is 1. The fourth-order valence-corrected chi connectivity index (χ4v) is 3.75. The highest BCUT2D eigenvalue weighted by Crippen LogP contribution is 2.32. The molecule has 4 aromatic rings. The normalized spacial score (nSPS) is 11.9. The van der Waals surface area contributed by atoms with Gasteiger partial charge in [-0.2, -0.15) is 5.10 Å². The van der Waals surface area contributed by atoms with Gasteiger partial charge in [-0.1, -0.05) is 48.5 Å². The second kappa shape index (κ2) is 9.08. The second-order valence-electron chi connectivity index (χ2n) is 7.68. The van der Waals surface area contributed by atoms with Gasteiger partial charge < -0.3 is 19.5 Å². The highest BCUT2D eigenvalue weighted by molar-refractivity contribution is 5.99. The summed E-state index contributed by atoms with van der Waals surface area (Å²) in [5, 5.41) is 7.74. The Balaban J connectivity index is 1.41. The van der Waals surface area contributed by atoms with Crippen LogP contribution in [0.15, 0.2) is 79.0 Å². The van der Waals surface area contributed by atoms with Gasteiger partial charge in [0.2, 0.25) is 6.79 Å². The van der Waals surface area contributed by atoms with Crippen molar-refractivity contribution in [2.45, 2.75) is 13.1 Å². The Kier molecular flexibility index (Phi) is 5.68. The highest BCUT2D eigenvalue weighted by Gasteiger charge is 2.19. The molecule has 0 saturated carbocycles. The van der Waals surface area contributed by atoms with Crippen molar-refractivity contribution in [1.82, 2.24) is 15.1 Å². The van der Waals surface area contributed by atoms with Crippen LogP contribution in [-0.4, -0.2) is 29.6 Å². The van der Waals surface area contributed by atoms with Crippen molar-refractivity contribution < 1.29 is 19.0 Å². The van der Waals surface area contributed by atoms with Crippen LogP contribution in [0.3, 0.4) is 0 Å². The van der Waals surface area contributed by atoms with Crippen molar-refractivity contribution >= 4 is 5.91 Å². The predicted molar refractivity (Wildman–Crippen MR) is 123 cm³/mol. The smallest absolute Gasteiger partial charge is 0.255 e. The minimum absolute atomic E-state index is 0.204. The van der Waals surface area contributed by atoms with Crippen molar-refractivity contribution in [3.63, 3.8) is 0 Å². The Morgan fingerprint density at radius 2 is 1.85 bits per heavy atom. The summed E-state index contributed by atoms with van der Waals surface area (Å²) in [5.41, 5.74) is 3.94. The van der Waals surface area contributed by atoms with Crippen molar-refractivity contribution in [3.05, 3.63) is 95.7 Å². The van der Waals surface area contributed by atoms with Gasteiger partial charge in [0, 0.05) is 18.3 Å². The minimum Gasteiger partial charge on any atom is -0.497 e. The zero-order chi connectivity index (χ0) is 22.6. The topological polar surface area (TPSA) is 74.6 Å². The molecule has 0 spiro atoms. The maximum absolute atomic E-state index is 13.2. The van der Waals surface area contributed by atoms with Crippen LogP contribution in [0.5, 0.6) is 17.2 Å². The van der Waals surface area contributed by atoms with Gasteiger partial charge in [0.15, 0.2) is 11.5 Å². The predicted octanol–water partition coefficient (Wildman–Crippen LogP) is 4.27. The van der Waals surface area contributed by atoms with Crippen molar-refractivity contribution in [2.75, 3.05) is 13.9 Å². The number of aromatic nitrogens is 2. The van der Waals surface area contributed by atoms with E-state index in [2.05, 4.69) is 5.32 Å². The van der Waals surface area contributed by atoms with Crippen LogP contribution in [0.2, 0.25) is 0 Å². The van der Waals surface area contributed by atoms with E-state index in [4.69, 9.17) is 19.3 Å². The summed E-state index contributed by atoms with van der Waals surface area (Å²) in [6, 6.07) is 23.2. The average molecular weight is 441 g/mol. The van der Waals surface area contributed by atoms with E-state index < -0.39 is 0 Å². The maximum atomic E-state index is 13.2. The van der Waals surface area contributed by atoms with E-state index in [0.717, 1.165) is 16.7 Å². The summed E-state index contributed by atoms with van der Waals surface area (Å²) in [6.45, 7) is 1.14. The number of nitrogens with one attached hydrogen (secondary N) is 1. The molecular formula is C26H23N3O4. The van der Waals surface area contributed by atoms with Gasteiger partial charge in [-0.25, -0.2) is 0 Å². The number of ether oxygens (including phenoxy) is 3. The summed E-state index contributed by atoms with van der Waals surface area (Å²) in [6.07, 6.45) is 1.79. The zero-order valence-corrected chi connectivity index (χ0v) is 18.2. The average Bonchev–Trinajstić information content (AvgIpc) is 3.50. The third kappa shape index (κ3) is 4.52. The van der Waals surface area contributed by atoms with Crippen molar-refractivity contribution in [3.8, 4) is 28.5 Å². The van der Waals surface area contributed by atoms with Crippen molar-refractivity contribution in [2.24, 2.45) is 0 Å². The summed E-state index contributed by atoms with van der Waals surface area (Å²) < 4.78 is 17.9. The molecule has 0 unspecified atom stereocenters. The van der Waals surface area contributed by atoms with E-state index in [1.54, 1.807) is 18.0 Å². The number of hydrogen-bond donors (Lipinski definition) is 1. The first kappa shape index (κ1) is 20.6. The van der Waals surface area contributed by atoms with Crippen LogP contribution in [0.4, 0.5) is 0 Å². The summed E-state index contributed by atoms with van der Waals surface area (Å²) in [7, 11) is 1.62. The quantitative estimate of drug-likeness (QED) is 0.464. The van der Waals surface area contributed by atoms with Gasteiger partial charge in [0.05, 0.1) is 19.2 Å². The molecule has 0 atom stereocenters. The third-order valence-corrected chi connectivity index (χ3v) is 5.43. The Morgan fingerprint density at radius 1 is 1.00 bits per heavy atom. The number of fused-ring (bicyclic) bond motifs is 1. The Bertz CT molecular complexity index is 1280. The number of amides is 1. The Hall–Kier alpha value is -4.26.